The predicted octanol–water partition coefficient (Wildman–Crippen LogP) is 0.605. The van der Waals surface area contributed by atoms with E-state index in [-0.39, 0.29) is 40.0 Å². The van der Waals surface area contributed by atoms with Crippen LogP contribution < -0.4 is 10.2 Å². The van der Waals surface area contributed by atoms with Gasteiger partial charge < -0.3 is 30.0 Å². The molecule has 0 aliphatic rings. The predicted molar refractivity (Wildman–Crippen MR) is 95.5 cm³/mol. The minimum absolute atomic E-state index is 0. The van der Waals surface area contributed by atoms with E-state index in [9.17, 15) is 19.8 Å². The number of carbonyl (C=O) groups is 2. The number of carboxylic acid groups (broad SMARTS) is 2. The fourth-order valence-corrected chi connectivity index (χ4v) is 2.45. The topological polar surface area (TPSA) is 146 Å². The molecule has 2 heterocycles. The molecule has 8 nitrogen and oxygen atoms in total. The van der Waals surface area contributed by atoms with Crippen LogP contribution in [-0.2, 0) is 17.1 Å². The Morgan fingerprint density at radius 1 is 0.655 bits per heavy atom. The van der Waals surface area contributed by atoms with Crippen LogP contribution in [0.15, 0.2) is 60.7 Å². The van der Waals surface area contributed by atoms with Gasteiger partial charge in [0.25, 0.3) is 0 Å². The first-order chi connectivity index (χ1) is 13.3. The number of fused-ring (bicyclic) bond motifs is 2. The normalized spacial score (nSPS) is 9.93. The van der Waals surface area contributed by atoms with Crippen LogP contribution in [0.1, 0.15) is 21.0 Å². The molecule has 0 unspecified atom stereocenters. The van der Waals surface area contributed by atoms with Gasteiger partial charge in [-0.15, -0.1) is 0 Å². The van der Waals surface area contributed by atoms with Crippen LogP contribution in [-0.4, -0.2) is 32.1 Å². The first-order valence-corrected chi connectivity index (χ1v) is 7.96. The van der Waals surface area contributed by atoms with Gasteiger partial charge in [-0.25, -0.2) is 9.97 Å². The smallest absolute Gasteiger partial charge is 0.543 e. The van der Waals surface area contributed by atoms with Gasteiger partial charge in [-0.05, 0) is 48.5 Å². The van der Waals surface area contributed by atoms with Crippen LogP contribution in [0.4, 0.5) is 0 Å². The number of phenolic OH excluding ortho intramolecular Hbond substituents is 2. The van der Waals surface area contributed by atoms with Crippen molar-refractivity contribution in [2.24, 2.45) is 0 Å². The Kier molecular flexibility index (Phi) is 6.71. The Bertz CT molecular complexity index is 1120. The number of rotatable bonds is 2. The number of benzene rings is 2. The van der Waals surface area contributed by atoms with E-state index in [1.54, 1.807) is 24.3 Å². The number of phenols is 2. The largest absolute Gasteiger partial charge is 2.00 e. The zero-order valence-corrected chi connectivity index (χ0v) is 15.8. The maximum Gasteiger partial charge on any atom is 2.00 e. The molecule has 0 bridgehead atoms. The van der Waals surface area contributed by atoms with E-state index in [1.807, 2.05) is 0 Å². The number of carboxylic acids is 2. The molecule has 0 spiro atoms. The third-order valence-corrected chi connectivity index (χ3v) is 3.76. The molecular weight excluding hydrogens is 419 g/mol. The maximum absolute atomic E-state index is 10.5. The molecule has 2 aromatic carbocycles. The van der Waals surface area contributed by atoms with Crippen LogP contribution in [0.2, 0.25) is 0 Å². The fourth-order valence-electron chi connectivity index (χ4n) is 2.45. The minimum atomic E-state index is -1.31. The number of carbonyl (C=O) groups excluding carboxylic acids is 2. The SMILES string of the molecule is O=C([O-])c1ccc2cc(O)ccc2n1.O=C([O-])c1ccc2cc(O)ccc2n1.[Mn+2]. The monoisotopic (exact) mass is 431 g/mol. The average Bonchev–Trinajstić information content (AvgIpc) is 2.67. The van der Waals surface area contributed by atoms with E-state index in [0.29, 0.717) is 21.8 Å². The standard InChI is InChI=1S/2C10H7NO3.Mn/c2*12-7-2-4-8-6(5-7)1-3-9(11-8)10(13)14;/h2*1-5,12H,(H,13,14);/q;;+2/p-2. The van der Waals surface area contributed by atoms with Crippen LogP contribution in [0.5, 0.6) is 11.5 Å². The molecule has 0 aliphatic carbocycles. The molecule has 145 valence electrons. The van der Waals surface area contributed by atoms with Crippen molar-refractivity contribution in [2.75, 3.05) is 0 Å². The molecule has 0 atom stereocenters. The fraction of sp³-hybridized carbons (Fsp3) is 0. The second-order valence-corrected chi connectivity index (χ2v) is 5.72. The Labute approximate surface area is 174 Å². The van der Waals surface area contributed by atoms with Gasteiger partial charge in [-0.2, -0.15) is 0 Å². The van der Waals surface area contributed by atoms with Gasteiger partial charge >= 0.3 is 17.1 Å². The Balaban J connectivity index is 0.000000200. The molecule has 4 aromatic rings. The van der Waals surface area contributed by atoms with E-state index in [1.165, 1.54) is 36.4 Å². The van der Waals surface area contributed by atoms with Crippen molar-refractivity contribution >= 4 is 33.7 Å². The summed E-state index contributed by atoms with van der Waals surface area (Å²) in [6.45, 7) is 0. The summed E-state index contributed by atoms with van der Waals surface area (Å²) < 4.78 is 0. The summed E-state index contributed by atoms with van der Waals surface area (Å²) in [7, 11) is 0. The second kappa shape index (κ2) is 9.01. The number of hydrogen-bond donors (Lipinski definition) is 2. The van der Waals surface area contributed by atoms with Crippen molar-refractivity contribution in [3.05, 3.63) is 72.1 Å². The first-order valence-electron chi connectivity index (χ1n) is 7.96. The molecule has 0 saturated carbocycles. The van der Waals surface area contributed by atoms with Crippen molar-refractivity contribution in [1.82, 2.24) is 9.97 Å². The van der Waals surface area contributed by atoms with Crippen molar-refractivity contribution in [1.29, 1.82) is 0 Å². The van der Waals surface area contributed by atoms with Crippen LogP contribution >= 0.6 is 0 Å². The van der Waals surface area contributed by atoms with E-state index < -0.39 is 11.9 Å². The van der Waals surface area contributed by atoms with Crippen LogP contribution in [0.3, 0.4) is 0 Å². The molecule has 2 aromatic heterocycles. The van der Waals surface area contributed by atoms with E-state index in [4.69, 9.17) is 10.2 Å². The zero-order valence-electron chi connectivity index (χ0n) is 14.6. The van der Waals surface area contributed by atoms with Crippen molar-refractivity contribution in [3.8, 4) is 11.5 Å². The number of pyridine rings is 2. The Morgan fingerprint density at radius 2 is 1.03 bits per heavy atom. The maximum atomic E-state index is 10.5. The average molecular weight is 431 g/mol. The number of aromatic hydroxyl groups is 2. The quantitative estimate of drug-likeness (QED) is 0.439. The van der Waals surface area contributed by atoms with Gasteiger partial charge in [0.2, 0.25) is 0 Å². The van der Waals surface area contributed by atoms with Gasteiger partial charge in [-0.3, -0.25) is 0 Å². The van der Waals surface area contributed by atoms with Crippen LogP contribution in [0.25, 0.3) is 21.8 Å². The zero-order chi connectivity index (χ0) is 20.3. The molecule has 29 heavy (non-hydrogen) atoms. The summed E-state index contributed by atoms with van der Waals surface area (Å²) in [6, 6.07) is 14.9. The van der Waals surface area contributed by atoms with Crippen LogP contribution in [0, 0.1) is 0 Å². The molecule has 1 radical (unpaired) electrons. The van der Waals surface area contributed by atoms with Gasteiger partial charge in [0.1, 0.15) is 11.5 Å². The molecule has 0 fully saturated rings. The summed E-state index contributed by atoms with van der Waals surface area (Å²) in [6.07, 6.45) is 0. The number of hydrogen-bond acceptors (Lipinski definition) is 8. The van der Waals surface area contributed by atoms with E-state index in [2.05, 4.69) is 9.97 Å². The Morgan fingerprint density at radius 3 is 1.38 bits per heavy atom. The molecule has 4 rings (SSSR count). The third kappa shape index (κ3) is 5.19. The third-order valence-electron chi connectivity index (χ3n) is 3.76. The summed E-state index contributed by atoms with van der Waals surface area (Å²) in [5, 5.41) is 40.7. The summed E-state index contributed by atoms with van der Waals surface area (Å²) in [5.41, 5.74) is 0.820. The van der Waals surface area contributed by atoms with E-state index >= 15 is 0 Å². The number of nitrogens with zero attached hydrogens (tertiary/aromatic N) is 2. The van der Waals surface area contributed by atoms with Gasteiger partial charge in [0, 0.05) is 10.8 Å². The van der Waals surface area contributed by atoms with Gasteiger partial charge in [0.05, 0.1) is 34.4 Å². The van der Waals surface area contributed by atoms with E-state index in [0.717, 1.165) is 0 Å². The number of aromatic nitrogens is 2. The molecule has 0 aliphatic heterocycles. The van der Waals surface area contributed by atoms with Gasteiger partial charge in [0.15, 0.2) is 0 Å². The summed E-state index contributed by atoms with van der Waals surface area (Å²) in [4.78, 5) is 28.7. The first kappa shape index (κ1) is 21.6. The van der Waals surface area contributed by atoms with Crippen molar-refractivity contribution < 1.29 is 47.1 Å². The van der Waals surface area contributed by atoms with Crippen molar-refractivity contribution in [3.63, 3.8) is 0 Å². The number of aromatic carboxylic acids is 2. The molecule has 0 saturated heterocycles. The Hall–Kier alpha value is -3.68. The molecule has 0 amide bonds. The summed E-state index contributed by atoms with van der Waals surface area (Å²) in [5.74, 6) is -2.36. The molecule has 9 heteroatoms. The molecule has 2 N–H and O–H groups in total. The minimum Gasteiger partial charge on any atom is -0.543 e. The second-order valence-electron chi connectivity index (χ2n) is 5.72. The summed E-state index contributed by atoms with van der Waals surface area (Å²) >= 11 is 0. The van der Waals surface area contributed by atoms with Gasteiger partial charge in [-0.1, -0.05) is 12.1 Å². The van der Waals surface area contributed by atoms with Crippen molar-refractivity contribution in [2.45, 2.75) is 0 Å². The molecular formula is C20H12MnN2O6.